The monoisotopic (exact) mass is 889 g/mol. The van der Waals surface area contributed by atoms with Crippen molar-refractivity contribution in [3.63, 3.8) is 0 Å². The number of ether oxygens (including phenoxy) is 5. The molecule has 1 saturated heterocycles. The van der Waals surface area contributed by atoms with E-state index in [4.69, 9.17) is 28.2 Å². The fourth-order valence-electron chi connectivity index (χ4n) is 6.86. The lowest BCUT2D eigenvalue weighted by Gasteiger charge is -2.36. The number of nitrogens with zero attached hydrogens (tertiary/aromatic N) is 4. The quantitative estimate of drug-likeness (QED) is 0.0979. The summed E-state index contributed by atoms with van der Waals surface area (Å²) in [4.78, 5) is 61.2. The molecule has 0 aromatic heterocycles. The highest BCUT2D eigenvalue weighted by atomic mass is 31.2. The van der Waals surface area contributed by atoms with Crippen molar-refractivity contribution in [3.8, 4) is 5.75 Å². The van der Waals surface area contributed by atoms with Gasteiger partial charge in [-0.1, -0.05) is 42.5 Å². The maximum Gasteiger partial charge on any atom is 0.320 e. The summed E-state index contributed by atoms with van der Waals surface area (Å²) in [5, 5.41) is 0. The first-order chi connectivity index (χ1) is 29.0. The Morgan fingerprint density at radius 1 is 0.597 bits per heavy atom. The minimum atomic E-state index is -3.76. The summed E-state index contributed by atoms with van der Waals surface area (Å²) in [6, 6.07) is 16.5. The molecule has 3 rings (SSSR count). The molecule has 0 spiro atoms. The van der Waals surface area contributed by atoms with E-state index >= 15 is 4.57 Å². The smallest absolute Gasteiger partial charge is 0.320 e. The van der Waals surface area contributed by atoms with Gasteiger partial charge in [-0.2, -0.15) is 0 Å². The van der Waals surface area contributed by atoms with Crippen molar-refractivity contribution in [2.45, 2.75) is 105 Å². The van der Waals surface area contributed by atoms with Crippen molar-refractivity contribution in [2.75, 3.05) is 92.0 Å². The molecule has 348 valence electrons. The number of rotatable bonds is 17. The molecule has 1 heterocycles. The van der Waals surface area contributed by atoms with Crippen LogP contribution in [0.1, 0.15) is 92.4 Å². The van der Waals surface area contributed by atoms with Gasteiger partial charge < -0.3 is 28.2 Å². The van der Waals surface area contributed by atoms with Crippen LogP contribution in [-0.4, -0.2) is 152 Å². The lowest BCUT2D eigenvalue weighted by molar-refractivity contribution is -0.158. The summed E-state index contributed by atoms with van der Waals surface area (Å²) in [5.41, 5.74) is -1.47. The van der Waals surface area contributed by atoms with Crippen molar-refractivity contribution in [1.29, 1.82) is 0 Å². The number of hydrogen-bond acceptors (Lipinski definition) is 15. The van der Waals surface area contributed by atoms with Gasteiger partial charge in [0.2, 0.25) is 7.37 Å². The molecule has 62 heavy (non-hydrogen) atoms. The molecule has 1 aliphatic rings. The van der Waals surface area contributed by atoms with Crippen molar-refractivity contribution in [3.05, 3.63) is 65.7 Å². The molecule has 16 heteroatoms. The molecule has 0 aliphatic carbocycles. The lowest BCUT2D eigenvalue weighted by Crippen LogP contribution is -2.49. The first-order valence-corrected chi connectivity index (χ1v) is 23.5. The van der Waals surface area contributed by atoms with Crippen LogP contribution < -0.4 is 4.74 Å². The molecule has 2 unspecified atom stereocenters. The van der Waals surface area contributed by atoms with E-state index in [9.17, 15) is 19.2 Å². The Hall–Kier alpha value is -3.85. The average Bonchev–Trinajstić information content (AvgIpc) is 3.15. The molecule has 0 radical (unpaired) electrons. The zero-order valence-corrected chi connectivity index (χ0v) is 40.0. The number of hydrogen-bond donors (Lipinski definition) is 0. The fourth-order valence-corrected chi connectivity index (χ4v) is 9.64. The van der Waals surface area contributed by atoms with E-state index in [0.717, 1.165) is 5.56 Å². The van der Waals surface area contributed by atoms with Crippen LogP contribution in [0.2, 0.25) is 0 Å². The molecule has 0 N–H and O–H groups in total. The zero-order chi connectivity index (χ0) is 46.1. The number of methoxy groups -OCH3 is 1. The highest BCUT2D eigenvalue weighted by Gasteiger charge is 2.39. The maximum absolute atomic E-state index is 15.6. The normalized spacial score (nSPS) is 17.4. The third-order valence-electron chi connectivity index (χ3n) is 9.57. The third kappa shape index (κ3) is 20.6. The largest absolute Gasteiger partial charge is 0.497 e. The van der Waals surface area contributed by atoms with Crippen LogP contribution in [0.15, 0.2) is 54.6 Å². The molecule has 2 aromatic rings. The van der Waals surface area contributed by atoms with E-state index in [-0.39, 0.29) is 51.5 Å². The van der Waals surface area contributed by atoms with Gasteiger partial charge in [0.05, 0.1) is 51.7 Å². The molecule has 1 aliphatic heterocycles. The van der Waals surface area contributed by atoms with Gasteiger partial charge in [-0.15, -0.1) is 0 Å². The highest BCUT2D eigenvalue weighted by Crippen LogP contribution is 2.62. The fraction of sp³-hybridized carbons (Fsp3) is 0.652. The third-order valence-corrected chi connectivity index (χ3v) is 12.5. The van der Waals surface area contributed by atoms with E-state index in [1.807, 2.05) is 112 Å². The second-order valence-electron chi connectivity index (χ2n) is 18.6. The molecule has 2 atom stereocenters. The Bertz CT molecular complexity index is 1710. The van der Waals surface area contributed by atoms with Crippen molar-refractivity contribution in [1.82, 2.24) is 19.6 Å². The zero-order valence-electron chi connectivity index (χ0n) is 39.1. The van der Waals surface area contributed by atoms with Crippen LogP contribution in [0.4, 0.5) is 0 Å². The first kappa shape index (κ1) is 52.5. The van der Waals surface area contributed by atoms with Crippen molar-refractivity contribution >= 4 is 31.2 Å². The second kappa shape index (κ2) is 24.3. The summed E-state index contributed by atoms with van der Waals surface area (Å²) in [6.45, 7) is 21.3. The Kier molecular flexibility index (Phi) is 20.6. The summed E-state index contributed by atoms with van der Waals surface area (Å²) >= 11 is 0. The van der Waals surface area contributed by atoms with E-state index in [0.29, 0.717) is 63.7 Å². The van der Waals surface area contributed by atoms with Crippen LogP contribution in [0.3, 0.4) is 0 Å². The van der Waals surface area contributed by atoms with E-state index in [1.165, 1.54) is 0 Å². The number of benzene rings is 2. The van der Waals surface area contributed by atoms with Crippen molar-refractivity contribution < 1.29 is 52.0 Å². The summed E-state index contributed by atoms with van der Waals surface area (Å²) in [5.74, 6) is -1.09. The Morgan fingerprint density at radius 3 is 1.37 bits per heavy atom. The van der Waals surface area contributed by atoms with Crippen molar-refractivity contribution in [2.24, 2.45) is 0 Å². The second-order valence-corrected chi connectivity index (χ2v) is 21.2. The Labute approximate surface area is 370 Å². The molecule has 1 fully saturated rings. The van der Waals surface area contributed by atoms with Gasteiger partial charge in [-0.3, -0.25) is 43.3 Å². The van der Waals surface area contributed by atoms with Crippen LogP contribution in [0.25, 0.3) is 0 Å². The Balaban J connectivity index is 2.02. The molecule has 2 aromatic carbocycles. The van der Waals surface area contributed by atoms with Crippen LogP contribution in [0.5, 0.6) is 5.75 Å². The Morgan fingerprint density at radius 2 is 1.00 bits per heavy atom. The maximum atomic E-state index is 15.6. The predicted octanol–water partition coefficient (Wildman–Crippen LogP) is 6.39. The van der Waals surface area contributed by atoms with E-state index < -0.39 is 47.7 Å². The van der Waals surface area contributed by atoms with Crippen LogP contribution >= 0.6 is 7.37 Å². The van der Waals surface area contributed by atoms with Gasteiger partial charge in [0.1, 0.15) is 29.2 Å². The predicted molar refractivity (Wildman–Crippen MR) is 239 cm³/mol. The molecular weight excluding hydrogens is 815 g/mol. The molecule has 15 nitrogen and oxygen atoms in total. The van der Waals surface area contributed by atoms with Gasteiger partial charge in [0, 0.05) is 52.4 Å². The topological polar surface area (TPSA) is 154 Å². The molecule has 0 amide bonds. The van der Waals surface area contributed by atoms with Gasteiger partial charge in [0.25, 0.3) is 0 Å². The van der Waals surface area contributed by atoms with Gasteiger partial charge >= 0.3 is 23.9 Å². The standard InChI is InChI=1S/C46H73N4O11P/c1-12-58-62(55,39(37-18-20-38(56-11)21-19-37)30-40(51)57-34-36-16-14-13-15-17-36)35-50-28-26-48(32-42(53)60-45(5,6)7)24-22-47(31-41(52)59-44(2,3)4)23-25-49(27-29-50)33-43(54)61-46(8,9)10/h13-21,39H,12,22-35H2,1-11H3. The lowest BCUT2D eigenvalue weighted by atomic mass is 10.1. The molecule has 0 saturated carbocycles. The molecular formula is C46H73N4O11P. The van der Waals surface area contributed by atoms with Crippen LogP contribution in [0, 0.1) is 0 Å². The minimum absolute atomic E-state index is 0.0129. The van der Waals surface area contributed by atoms with E-state index in [1.54, 1.807) is 38.3 Å². The highest BCUT2D eigenvalue weighted by molar-refractivity contribution is 7.59. The number of carbonyl (C=O) groups is 4. The van der Waals surface area contributed by atoms with E-state index in [2.05, 4.69) is 0 Å². The summed E-state index contributed by atoms with van der Waals surface area (Å²) in [7, 11) is -2.20. The van der Waals surface area contributed by atoms with Crippen LogP contribution in [-0.2, 0) is 53.8 Å². The first-order valence-electron chi connectivity index (χ1n) is 21.6. The minimum Gasteiger partial charge on any atom is -0.497 e. The number of esters is 4. The summed E-state index contributed by atoms with van der Waals surface area (Å²) in [6.07, 6.45) is -0.234. The number of carbonyl (C=O) groups excluding carboxylic acids is 4. The van der Waals surface area contributed by atoms with Gasteiger partial charge in [0.15, 0.2) is 0 Å². The summed E-state index contributed by atoms with van der Waals surface area (Å²) < 4.78 is 50.1. The average molecular weight is 889 g/mol. The molecule has 0 bridgehead atoms. The van der Waals surface area contributed by atoms with Gasteiger partial charge in [-0.25, -0.2) is 0 Å². The van der Waals surface area contributed by atoms with Gasteiger partial charge in [-0.05, 0) is 92.5 Å². The SMILES string of the molecule is CCOP(=O)(CN1CCN(CC(=O)OC(C)(C)C)CCN(CC(=O)OC(C)(C)C)CCN(CC(=O)OC(C)(C)C)CC1)C(CC(=O)OCc1ccccc1)c1ccc(OC)cc1.